The van der Waals surface area contributed by atoms with Gasteiger partial charge >= 0.3 is 0 Å². The lowest BCUT2D eigenvalue weighted by Crippen LogP contribution is -2.22. The predicted molar refractivity (Wildman–Crippen MR) is 78.9 cm³/mol. The zero-order valence-corrected chi connectivity index (χ0v) is 12.7. The van der Waals surface area contributed by atoms with Gasteiger partial charge in [-0.2, -0.15) is 0 Å². The Morgan fingerprint density at radius 1 is 1.47 bits per heavy atom. The Morgan fingerprint density at radius 3 is 2.95 bits per heavy atom. The van der Waals surface area contributed by atoms with E-state index >= 15 is 0 Å². The van der Waals surface area contributed by atoms with Crippen molar-refractivity contribution in [3.8, 4) is 0 Å². The highest BCUT2D eigenvalue weighted by molar-refractivity contribution is 9.10. The Hall–Kier alpha value is -1.54. The second-order valence-corrected chi connectivity index (χ2v) is 5.56. The van der Waals surface area contributed by atoms with Gasteiger partial charge < -0.3 is 16.0 Å². The molecule has 8 heteroatoms. The number of nitrogens with two attached hydrogens (primary N) is 1. The normalized spacial score (nSPS) is 14.6. The molecule has 1 aliphatic rings. The van der Waals surface area contributed by atoms with E-state index in [2.05, 4.69) is 47.4 Å². The number of nitrogens with zero attached hydrogens (tertiary/aromatic N) is 2. The van der Waals surface area contributed by atoms with Gasteiger partial charge in [-0.1, -0.05) is 6.08 Å². The predicted octanol–water partition coefficient (Wildman–Crippen LogP) is 1.89. The van der Waals surface area contributed by atoms with E-state index in [4.69, 9.17) is 5.73 Å². The van der Waals surface area contributed by atoms with Crippen LogP contribution in [0.2, 0.25) is 0 Å². The van der Waals surface area contributed by atoms with Crippen molar-refractivity contribution in [1.82, 2.24) is 18.9 Å². The van der Waals surface area contributed by atoms with Crippen molar-refractivity contribution in [3.05, 3.63) is 39.9 Å². The fraction of sp³-hybridized carbons (Fsp3) is 0.0909. The van der Waals surface area contributed by atoms with E-state index in [0.717, 1.165) is 21.3 Å². The van der Waals surface area contributed by atoms with E-state index in [1.165, 1.54) is 0 Å². The highest BCUT2D eigenvalue weighted by Crippen LogP contribution is 2.34. The number of imidazole rings is 1. The van der Waals surface area contributed by atoms with E-state index in [1.54, 1.807) is 16.0 Å². The van der Waals surface area contributed by atoms with Gasteiger partial charge in [-0.25, -0.2) is 8.58 Å². The Balaban J connectivity index is 2.24. The number of H-pyrrole nitrogens is 1. The van der Waals surface area contributed by atoms with Gasteiger partial charge in [-0.3, -0.25) is 4.79 Å². The number of anilines is 1. The summed E-state index contributed by atoms with van der Waals surface area (Å²) < 4.78 is 2.43. The maximum Gasteiger partial charge on any atom is 0.268 e. The number of nitrogen functional groups attached to an aromatic ring is 1. The molecule has 2 aromatic heterocycles. The fourth-order valence-corrected chi connectivity index (χ4v) is 2.94. The zero-order chi connectivity index (χ0) is 13.6. The standard InChI is InChI=1S/C11H9Br2N5O/c12-6-3-16-9-8(6)5(1-2-15-10(9)19)7-4-17-11(14)18(7)13/h1,3-4,16H,2H2,(H2,14,17)(H,15,19). The van der Waals surface area contributed by atoms with Gasteiger partial charge in [0.05, 0.1) is 28.0 Å². The summed E-state index contributed by atoms with van der Waals surface area (Å²) in [6.07, 6.45) is 5.33. The van der Waals surface area contributed by atoms with Crippen LogP contribution in [0.4, 0.5) is 5.95 Å². The quantitative estimate of drug-likeness (QED) is 0.699. The van der Waals surface area contributed by atoms with Crippen LogP contribution in [0.15, 0.2) is 22.9 Å². The van der Waals surface area contributed by atoms with Gasteiger partial charge in [0.2, 0.25) is 5.95 Å². The first-order valence-corrected chi connectivity index (χ1v) is 6.95. The number of aromatic nitrogens is 3. The first kappa shape index (κ1) is 12.5. The third-order valence-corrected chi connectivity index (χ3v) is 4.28. The molecule has 0 atom stereocenters. The van der Waals surface area contributed by atoms with Crippen molar-refractivity contribution in [1.29, 1.82) is 0 Å². The molecule has 19 heavy (non-hydrogen) atoms. The summed E-state index contributed by atoms with van der Waals surface area (Å²) in [4.78, 5) is 18.9. The average Bonchev–Trinajstić information content (AvgIpc) is 2.86. The largest absolute Gasteiger partial charge is 0.369 e. The van der Waals surface area contributed by atoms with E-state index in [1.807, 2.05) is 6.08 Å². The lowest BCUT2D eigenvalue weighted by molar-refractivity contribution is 0.0954. The van der Waals surface area contributed by atoms with Crippen LogP contribution >= 0.6 is 32.1 Å². The van der Waals surface area contributed by atoms with Crippen LogP contribution < -0.4 is 11.1 Å². The van der Waals surface area contributed by atoms with Crippen molar-refractivity contribution in [2.24, 2.45) is 0 Å². The molecule has 1 amide bonds. The first-order valence-electron chi connectivity index (χ1n) is 5.45. The number of aromatic amines is 1. The highest BCUT2D eigenvalue weighted by Gasteiger charge is 2.24. The van der Waals surface area contributed by atoms with Gasteiger partial charge in [0, 0.05) is 28.4 Å². The Kier molecular flexibility index (Phi) is 2.98. The molecule has 2 aromatic rings. The first-order chi connectivity index (χ1) is 9.09. The van der Waals surface area contributed by atoms with Gasteiger partial charge in [0.1, 0.15) is 5.69 Å². The number of amides is 1. The molecular formula is C11H9Br2N5O. The molecule has 0 spiro atoms. The molecule has 6 nitrogen and oxygen atoms in total. The van der Waals surface area contributed by atoms with Gasteiger partial charge in [0.15, 0.2) is 0 Å². The van der Waals surface area contributed by atoms with Crippen molar-refractivity contribution in [3.63, 3.8) is 0 Å². The van der Waals surface area contributed by atoms with Crippen molar-refractivity contribution in [2.75, 3.05) is 12.3 Å². The molecule has 0 unspecified atom stereocenters. The molecule has 0 saturated carbocycles. The Labute approximate surface area is 125 Å². The summed E-state index contributed by atoms with van der Waals surface area (Å²) in [5.74, 6) is 0.216. The van der Waals surface area contributed by atoms with E-state index in [0.29, 0.717) is 18.2 Å². The van der Waals surface area contributed by atoms with Crippen LogP contribution in [0.3, 0.4) is 0 Å². The monoisotopic (exact) mass is 385 g/mol. The zero-order valence-electron chi connectivity index (χ0n) is 9.58. The molecule has 0 bridgehead atoms. The Morgan fingerprint density at radius 2 is 2.26 bits per heavy atom. The maximum atomic E-state index is 11.9. The molecule has 0 saturated heterocycles. The molecule has 0 aliphatic carbocycles. The van der Waals surface area contributed by atoms with Crippen molar-refractivity contribution < 1.29 is 4.79 Å². The molecule has 0 radical (unpaired) electrons. The van der Waals surface area contributed by atoms with Gasteiger partial charge in [-0.05, 0) is 15.9 Å². The van der Waals surface area contributed by atoms with Crippen molar-refractivity contribution >= 4 is 49.5 Å². The third-order valence-electron chi connectivity index (χ3n) is 2.90. The van der Waals surface area contributed by atoms with E-state index < -0.39 is 0 Å². The fourth-order valence-electron chi connectivity index (χ4n) is 2.04. The lowest BCUT2D eigenvalue weighted by Gasteiger charge is -2.07. The van der Waals surface area contributed by atoms with Gasteiger partial charge in [0.25, 0.3) is 5.91 Å². The number of fused-ring (bicyclic) bond motifs is 1. The maximum absolute atomic E-state index is 11.9. The average molecular weight is 387 g/mol. The molecule has 0 fully saturated rings. The van der Waals surface area contributed by atoms with Crippen LogP contribution in [0, 0.1) is 0 Å². The smallest absolute Gasteiger partial charge is 0.268 e. The van der Waals surface area contributed by atoms with Crippen LogP contribution in [0.1, 0.15) is 21.7 Å². The highest BCUT2D eigenvalue weighted by atomic mass is 79.9. The summed E-state index contributed by atoms with van der Waals surface area (Å²) in [6, 6.07) is 0. The number of hydrogen-bond acceptors (Lipinski definition) is 3. The number of rotatable bonds is 1. The van der Waals surface area contributed by atoms with Crippen LogP contribution in [-0.2, 0) is 0 Å². The summed E-state index contributed by atoms with van der Waals surface area (Å²) in [7, 11) is 0. The molecule has 3 heterocycles. The summed E-state index contributed by atoms with van der Waals surface area (Å²) in [5, 5.41) is 2.80. The summed E-state index contributed by atoms with van der Waals surface area (Å²) in [5.41, 5.74) is 8.71. The minimum Gasteiger partial charge on any atom is -0.369 e. The Bertz CT molecular complexity index is 700. The van der Waals surface area contributed by atoms with Gasteiger partial charge in [-0.15, -0.1) is 0 Å². The van der Waals surface area contributed by atoms with Crippen LogP contribution in [-0.4, -0.2) is 26.0 Å². The number of carbonyl (C=O) groups is 1. The van der Waals surface area contributed by atoms with Crippen LogP contribution in [0.5, 0.6) is 0 Å². The molecule has 3 rings (SSSR count). The second kappa shape index (κ2) is 4.53. The minimum absolute atomic E-state index is 0.138. The number of hydrogen-bond donors (Lipinski definition) is 3. The van der Waals surface area contributed by atoms with E-state index in [-0.39, 0.29) is 5.91 Å². The lowest BCUT2D eigenvalue weighted by atomic mass is 10.0. The minimum atomic E-state index is -0.138. The molecular weight excluding hydrogens is 378 g/mol. The topological polar surface area (TPSA) is 88.7 Å². The van der Waals surface area contributed by atoms with E-state index in [9.17, 15) is 4.79 Å². The number of nitrogens with one attached hydrogen (secondary N) is 2. The SMILES string of the molecule is Nc1ncc(C2=CCNC(=O)c3[nH]cc(Br)c32)n1Br. The van der Waals surface area contributed by atoms with Crippen LogP contribution in [0.25, 0.3) is 5.57 Å². The summed E-state index contributed by atoms with van der Waals surface area (Å²) in [6.45, 7) is 0.446. The van der Waals surface area contributed by atoms with Crippen molar-refractivity contribution in [2.45, 2.75) is 0 Å². The second-order valence-electron chi connectivity index (χ2n) is 4.00. The third kappa shape index (κ3) is 1.91. The molecule has 4 N–H and O–H groups in total. The summed E-state index contributed by atoms with van der Waals surface area (Å²) >= 11 is 6.80. The number of carbonyl (C=O) groups excluding carboxylic acids is 1. The molecule has 0 aromatic carbocycles. The number of halogens is 2. The molecule has 98 valence electrons. The molecule has 1 aliphatic heterocycles.